The van der Waals surface area contributed by atoms with Crippen LogP contribution in [0.1, 0.15) is 31.1 Å². The number of benzene rings is 1. The summed E-state index contributed by atoms with van der Waals surface area (Å²) in [6, 6.07) is 3.89. The lowest BCUT2D eigenvalue weighted by atomic mass is 10.2. The molecule has 1 aromatic carbocycles. The lowest BCUT2D eigenvalue weighted by Crippen LogP contribution is -2.11. The second-order valence-electron chi connectivity index (χ2n) is 5.42. The van der Waals surface area contributed by atoms with Gasteiger partial charge in [0.1, 0.15) is 11.6 Å². The number of halogens is 3. The lowest BCUT2D eigenvalue weighted by Gasteiger charge is -2.17. The van der Waals surface area contributed by atoms with Crippen molar-refractivity contribution in [3.05, 3.63) is 27.3 Å². The van der Waals surface area contributed by atoms with Crippen LogP contribution in [0.15, 0.2) is 12.1 Å². The molecule has 2 aromatic rings. The second kappa shape index (κ2) is 6.62. The summed E-state index contributed by atoms with van der Waals surface area (Å²) >= 11 is 9.87. The van der Waals surface area contributed by atoms with Gasteiger partial charge in [-0.2, -0.15) is 11.8 Å². The summed E-state index contributed by atoms with van der Waals surface area (Å²) in [7, 11) is 0. The molecule has 0 spiro atoms. The number of fused-ring (bicyclic) bond motifs is 1. The maximum absolute atomic E-state index is 14.0. The van der Waals surface area contributed by atoms with Crippen molar-refractivity contribution in [2.75, 3.05) is 12.1 Å². The van der Waals surface area contributed by atoms with E-state index >= 15 is 0 Å². The highest BCUT2D eigenvalue weighted by Crippen LogP contribution is 2.39. The van der Waals surface area contributed by atoms with Crippen LogP contribution in [0.5, 0.6) is 0 Å². The molecule has 2 atom stereocenters. The first-order chi connectivity index (χ1) is 10.1. The first-order valence-corrected chi connectivity index (χ1v) is 9.98. The van der Waals surface area contributed by atoms with Crippen molar-refractivity contribution in [3.63, 3.8) is 0 Å². The monoisotopic (exact) mass is 438 g/mol. The molecule has 1 aromatic heterocycles. The van der Waals surface area contributed by atoms with Gasteiger partial charge in [0.2, 0.25) is 0 Å². The molecule has 0 N–H and O–H groups in total. The number of aryl methyl sites for hydroxylation is 1. The zero-order chi connectivity index (χ0) is 15.0. The van der Waals surface area contributed by atoms with Gasteiger partial charge in [-0.25, -0.2) is 9.37 Å². The minimum absolute atomic E-state index is 0.166. The molecule has 1 heterocycles. The first kappa shape index (κ1) is 15.9. The molecule has 1 aliphatic carbocycles. The van der Waals surface area contributed by atoms with Gasteiger partial charge in [0, 0.05) is 29.7 Å². The molecule has 0 amide bonds. The van der Waals surface area contributed by atoms with E-state index in [0.717, 1.165) is 36.1 Å². The van der Waals surface area contributed by atoms with E-state index in [4.69, 9.17) is 16.6 Å². The quantitative estimate of drug-likeness (QED) is 0.493. The average Bonchev–Trinajstić information content (AvgIpc) is 3.04. The third kappa shape index (κ3) is 3.06. The van der Waals surface area contributed by atoms with Crippen LogP contribution < -0.4 is 0 Å². The maximum Gasteiger partial charge on any atom is 0.138 e. The summed E-state index contributed by atoms with van der Waals surface area (Å²) in [5.41, 5.74) is 1.80. The molecule has 114 valence electrons. The van der Waals surface area contributed by atoms with Gasteiger partial charge in [0.25, 0.3) is 0 Å². The van der Waals surface area contributed by atoms with E-state index in [1.807, 2.05) is 40.4 Å². The number of hydrogen-bond acceptors (Lipinski definition) is 2. The number of aromatic nitrogens is 2. The third-order valence-electron chi connectivity index (χ3n) is 4.18. The Bertz CT molecular complexity index is 661. The van der Waals surface area contributed by atoms with E-state index in [0.29, 0.717) is 20.7 Å². The van der Waals surface area contributed by atoms with Crippen LogP contribution in [-0.4, -0.2) is 26.9 Å². The van der Waals surface area contributed by atoms with Gasteiger partial charge in [-0.1, -0.05) is 0 Å². The second-order valence-corrected chi connectivity index (χ2v) is 8.09. The Morgan fingerprint density at radius 1 is 1.48 bits per heavy atom. The molecular weight excluding hydrogens is 422 g/mol. The van der Waals surface area contributed by atoms with E-state index in [2.05, 4.69) is 10.8 Å². The minimum atomic E-state index is -0.166. The van der Waals surface area contributed by atoms with Crippen molar-refractivity contribution < 1.29 is 4.39 Å². The topological polar surface area (TPSA) is 17.8 Å². The highest BCUT2D eigenvalue weighted by molar-refractivity contribution is 14.1. The van der Waals surface area contributed by atoms with E-state index in [-0.39, 0.29) is 5.82 Å². The highest BCUT2D eigenvalue weighted by atomic mass is 127. The predicted molar refractivity (Wildman–Crippen MR) is 97.0 cm³/mol. The predicted octanol–water partition coefficient (Wildman–Crippen LogP) is 5.02. The van der Waals surface area contributed by atoms with Gasteiger partial charge in [-0.3, -0.25) is 0 Å². The van der Waals surface area contributed by atoms with Crippen LogP contribution >= 0.6 is 46.0 Å². The van der Waals surface area contributed by atoms with E-state index in [9.17, 15) is 4.39 Å². The number of imidazole rings is 1. The van der Waals surface area contributed by atoms with Gasteiger partial charge in [0.05, 0.1) is 14.6 Å². The fourth-order valence-corrected chi connectivity index (χ4v) is 4.58. The zero-order valence-corrected chi connectivity index (χ0v) is 15.5. The van der Waals surface area contributed by atoms with Gasteiger partial charge in [-0.15, -0.1) is 11.6 Å². The van der Waals surface area contributed by atoms with Crippen LogP contribution in [-0.2, 0) is 6.42 Å². The Kier molecular flexibility index (Phi) is 5.01. The zero-order valence-electron chi connectivity index (χ0n) is 11.8. The molecule has 6 heteroatoms. The Balaban J connectivity index is 2.09. The van der Waals surface area contributed by atoms with Crippen molar-refractivity contribution >= 4 is 57.0 Å². The van der Waals surface area contributed by atoms with Crippen molar-refractivity contribution in [3.8, 4) is 0 Å². The van der Waals surface area contributed by atoms with Crippen LogP contribution in [0.25, 0.3) is 11.0 Å². The van der Waals surface area contributed by atoms with E-state index < -0.39 is 0 Å². The van der Waals surface area contributed by atoms with Crippen molar-refractivity contribution in [2.24, 2.45) is 0 Å². The molecule has 1 aliphatic rings. The molecule has 21 heavy (non-hydrogen) atoms. The van der Waals surface area contributed by atoms with E-state index in [1.165, 1.54) is 6.42 Å². The molecule has 0 bridgehead atoms. The van der Waals surface area contributed by atoms with Crippen molar-refractivity contribution in [1.29, 1.82) is 0 Å². The summed E-state index contributed by atoms with van der Waals surface area (Å²) in [5, 5.41) is 0.699. The number of nitrogens with zero attached hydrogens (tertiary/aromatic N) is 2. The molecular formula is C15H17ClFIN2S. The molecule has 0 radical (unpaired) electrons. The maximum atomic E-state index is 14.0. The Labute approximate surface area is 147 Å². The smallest absolute Gasteiger partial charge is 0.138 e. The summed E-state index contributed by atoms with van der Waals surface area (Å²) in [5.74, 6) is 1.37. The SMILES string of the molecule is CSC1CCC(n2c(CCCl)nc3cc(I)c(F)cc32)C1. The van der Waals surface area contributed by atoms with Crippen LogP contribution in [0.4, 0.5) is 4.39 Å². The lowest BCUT2D eigenvalue weighted by molar-refractivity contribution is 0.513. The molecule has 2 unspecified atom stereocenters. The summed E-state index contributed by atoms with van der Waals surface area (Å²) in [6.07, 6.45) is 6.39. The number of rotatable bonds is 4. The average molecular weight is 439 g/mol. The molecule has 0 saturated heterocycles. The van der Waals surface area contributed by atoms with Crippen LogP contribution in [0.2, 0.25) is 0 Å². The van der Waals surface area contributed by atoms with Crippen LogP contribution in [0, 0.1) is 9.39 Å². The number of thioether (sulfide) groups is 1. The fourth-order valence-electron chi connectivity index (χ4n) is 3.17. The molecule has 1 saturated carbocycles. The van der Waals surface area contributed by atoms with Gasteiger partial charge in [-0.05, 0) is 54.2 Å². The number of alkyl halides is 1. The first-order valence-electron chi connectivity index (χ1n) is 7.08. The summed E-state index contributed by atoms with van der Waals surface area (Å²) < 4.78 is 16.8. The van der Waals surface area contributed by atoms with Gasteiger partial charge < -0.3 is 4.57 Å². The summed E-state index contributed by atoms with van der Waals surface area (Å²) in [4.78, 5) is 4.70. The largest absolute Gasteiger partial charge is 0.325 e. The molecule has 0 aliphatic heterocycles. The van der Waals surface area contributed by atoms with Crippen molar-refractivity contribution in [1.82, 2.24) is 9.55 Å². The molecule has 3 rings (SSSR count). The van der Waals surface area contributed by atoms with Gasteiger partial charge in [0.15, 0.2) is 0 Å². The molecule has 2 nitrogen and oxygen atoms in total. The molecule has 1 fully saturated rings. The van der Waals surface area contributed by atoms with E-state index in [1.54, 1.807) is 6.07 Å². The Hall–Kier alpha value is -0.0100. The summed E-state index contributed by atoms with van der Waals surface area (Å²) in [6.45, 7) is 0. The Morgan fingerprint density at radius 3 is 2.95 bits per heavy atom. The van der Waals surface area contributed by atoms with Gasteiger partial charge >= 0.3 is 0 Å². The van der Waals surface area contributed by atoms with Crippen LogP contribution in [0.3, 0.4) is 0 Å². The fraction of sp³-hybridized carbons (Fsp3) is 0.533. The van der Waals surface area contributed by atoms with Crippen molar-refractivity contribution in [2.45, 2.75) is 37.0 Å². The Morgan fingerprint density at radius 2 is 2.29 bits per heavy atom. The minimum Gasteiger partial charge on any atom is -0.325 e. The third-order valence-corrected chi connectivity index (χ3v) is 6.29. The number of hydrogen-bond donors (Lipinski definition) is 0. The standard InChI is InChI=1S/C15H17ClFIN2S/c1-21-10-3-2-9(6-10)20-14-7-11(17)12(18)8-13(14)19-15(20)4-5-16/h7-10H,2-6H2,1H3. The highest BCUT2D eigenvalue weighted by Gasteiger charge is 2.28. The normalized spacial score (nSPS) is 22.3.